The lowest BCUT2D eigenvalue weighted by Gasteiger charge is -2.40. The minimum Gasteiger partial charge on any atom is -0.480 e. The lowest BCUT2D eigenvalue weighted by molar-refractivity contribution is -0.143. The Hall–Kier alpha value is -3.53. The van der Waals surface area contributed by atoms with Gasteiger partial charge in [-0.3, -0.25) is 19.8 Å². The summed E-state index contributed by atoms with van der Waals surface area (Å²) in [7, 11) is 0. The second kappa shape index (κ2) is 8.11. The average molecular weight is 456 g/mol. The van der Waals surface area contributed by atoms with E-state index in [9.17, 15) is 23.2 Å². The van der Waals surface area contributed by atoms with E-state index in [1.54, 1.807) is 17.0 Å². The lowest BCUT2D eigenvalue weighted by atomic mass is 9.81. The molecule has 172 valence electrons. The van der Waals surface area contributed by atoms with E-state index in [4.69, 9.17) is 4.74 Å². The van der Waals surface area contributed by atoms with Crippen LogP contribution in [0.5, 0.6) is 5.75 Å². The third-order valence-corrected chi connectivity index (χ3v) is 6.38. The highest BCUT2D eigenvalue weighted by molar-refractivity contribution is 6.08. The summed E-state index contributed by atoms with van der Waals surface area (Å²) in [6.07, 6.45) is -1.13. The van der Waals surface area contributed by atoms with Crippen LogP contribution < -0.4 is 15.4 Å². The first-order valence-corrected chi connectivity index (χ1v) is 10.7. The number of rotatable bonds is 3. The van der Waals surface area contributed by atoms with Gasteiger partial charge >= 0.3 is 6.03 Å². The van der Waals surface area contributed by atoms with Crippen molar-refractivity contribution < 1.29 is 27.9 Å². The van der Waals surface area contributed by atoms with Crippen LogP contribution in [0.3, 0.4) is 0 Å². The third kappa shape index (κ3) is 3.91. The number of hydrogen-bond acceptors (Lipinski definition) is 5. The Labute approximate surface area is 188 Å². The Morgan fingerprint density at radius 2 is 1.73 bits per heavy atom. The van der Waals surface area contributed by atoms with Gasteiger partial charge in [0.05, 0.1) is 0 Å². The predicted octanol–water partition coefficient (Wildman–Crippen LogP) is 1.49. The zero-order chi connectivity index (χ0) is 23.2. The first kappa shape index (κ1) is 21.3. The van der Waals surface area contributed by atoms with Crippen LogP contribution >= 0.6 is 0 Å². The predicted molar refractivity (Wildman–Crippen MR) is 112 cm³/mol. The fourth-order valence-corrected chi connectivity index (χ4v) is 4.66. The number of piperazine rings is 1. The molecule has 1 spiro atoms. The Morgan fingerprint density at radius 1 is 1.03 bits per heavy atom. The van der Waals surface area contributed by atoms with E-state index in [0.717, 1.165) is 11.6 Å². The van der Waals surface area contributed by atoms with Crippen LogP contribution in [0.15, 0.2) is 42.5 Å². The summed E-state index contributed by atoms with van der Waals surface area (Å²) >= 11 is 0. The van der Waals surface area contributed by atoms with Crippen LogP contribution in [0.2, 0.25) is 0 Å². The Kier molecular flexibility index (Phi) is 5.24. The first-order valence-electron chi connectivity index (χ1n) is 10.7. The molecule has 33 heavy (non-hydrogen) atoms. The summed E-state index contributed by atoms with van der Waals surface area (Å²) < 4.78 is 32.9. The summed E-state index contributed by atoms with van der Waals surface area (Å²) in [5.41, 5.74) is -0.378. The number of urea groups is 1. The molecule has 10 heteroatoms. The molecule has 2 saturated heterocycles. The van der Waals surface area contributed by atoms with Gasteiger partial charge in [-0.1, -0.05) is 12.1 Å². The zero-order valence-electron chi connectivity index (χ0n) is 17.6. The van der Waals surface area contributed by atoms with Crippen molar-refractivity contribution in [1.29, 1.82) is 0 Å². The van der Waals surface area contributed by atoms with Crippen LogP contribution in [0.4, 0.5) is 13.6 Å². The Morgan fingerprint density at radius 3 is 2.39 bits per heavy atom. The van der Waals surface area contributed by atoms with Gasteiger partial charge < -0.3 is 15.0 Å². The maximum absolute atomic E-state index is 13.9. The van der Waals surface area contributed by atoms with E-state index in [-0.39, 0.29) is 29.5 Å². The van der Waals surface area contributed by atoms with Gasteiger partial charge in [0, 0.05) is 44.7 Å². The van der Waals surface area contributed by atoms with Gasteiger partial charge in [-0.05, 0) is 35.9 Å². The molecule has 3 aliphatic rings. The molecule has 0 unspecified atom stereocenters. The zero-order valence-corrected chi connectivity index (χ0v) is 17.6. The van der Waals surface area contributed by atoms with E-state index >= 15 is 0 Å². The molecule has 4 amide bonds. The van der Waals surface area contributed by atoms with Crippen molar-refractivity contribution in [2.24, 2.45) is 0 Å². The second-order valence-corrected chi connectivity index (χ2v) is 8.49. The van der Waals surface area contributed by atoms with E-state index in [1.165, 1.54) is 24.3 Å². The van der Waals surface area contributed by atoms with Crippen LogP contribution in [0, 0.1) is 11.6 Å². The minimum atomic E-state index is -1.56. The third-order valence-electron chi connectivity index (χ3n) is 6.38. The summed E-state index contributed by atoms with van der Waals surface area (Å²) in [6, 6.07) is 9.33. The Balaban J connectivity index is 1.29. The van der Waals surface area contributed by atoms with Crippen LogP contribution in [-0.4, -0.2) is 59.9 Å². The number of fused-ring (bicyclic) bond motifs is 2. The van der Waals surface area contributed by atoms with E-state index in [2.05, 4.69) is 15.5 Å². The van der Waals surface area contributed by atoms with E-state index in [1.807, 2.05) is 0 Å². The first-order chi connectivity index (χ1) is 15.8. The van der Waals surface area contributed by atoms with Crippen molar-refractivity contribution in [3.05, 3.63) is 65.2 Å². The van der Waals surface area contributed by atoms with Crippen LogP contribution in [0.1, 0.15) is 17.5 Å². The largest absolute Gasteiger partial charge is 0.480 e. The monoisotopic (exact) mass is 456 g/mol. The molecule has 8 nitrogen and oxygen atoms in total. The van der Waals surface area contributed by atoms with Gasteiger partial charge in [-0.25, -0.2) is 13.6 Å². The molecule has 0 aromatic heterocycles. The number of ether oxygens (including phenoxy) is 1. The number of carbonyl (C=O) groups is 3. The van der Waals surface area contributed by atoms with Crippen molar-refractivity contribution in [3.8, 4) is 5.75 Å². The van der Waals surface area contributed by atoms with Gasteiger partial charge in [0.25, 0.3) is 11.8 Å². The molecule has 2 N–H and O–H groups in total. The minimum absolute atomic E-state index is 0.129. The molecule has 3 aliphatic heterocycles. The maximum atomic E-state index is 13.9. The number of nitrogens with zero attached hydrogens (tertiary/aromatic N) is 2. The fraction of sp³-hybridized carbons (Fsp3) is 0.348. The summed E-state index contributed by atoms with van der Waals surface area (Å²) in [5, 5.41) is 4.76. The molecule has 2 fully saturated rings. The smallest absolute Gasteiger partial charge is 0.322 e. The van der Waals surface area contributed by atoms with Gasteiger partial charge in [-0.15, -0.1) is 0 Å². The normalized spacial score (nSPS) is 24.8. The lowest BCUT2D eigenvalue weighted by Crippen LogP contribution is -2.57. The topological polar surface area (TPSA) is 91.0 Å². The number of benzene rings is 2. The highest BCUT2D eigenvalue weighted by Gasteiger charge is 2.55. The molecular formula is C23H22F2N4O4. The highest BCUT2D eigenvalue weighted by Crippen LogP contribution is 2.42. The quantitative estimate of drug-likeness (QED) is 0.684. The number of carbonyl (C=O) groups excluding carboxylic acids is 3. The summed E-state index contributed by atoms with van der Waals surface area (Å²) in [5.74, 6) is -1.60. The molecule has 0 aliphatic carbocycles. The highest BCUT2D eigenvalue weighted by atomic mass is 19.1. The number of amides is 4. The number of hydrogen-bond donors (Lipinski definition) is 2. The second-order valence-electron chi connectivity index (χ2n) is 8.49. The molecule has 2 aromatic carbocycles. The van der Waals surface area contributed by atoms with Crippen molar-refractivity contribution in [3.63, 3.8) is 0 Å². The van der Waals surface area contributed by atoms with E-state index < -0.39 is 29.4 Å². The van der Waals surface area contributed by atoms with Crippen molar-refractivity contribution in [2.45, 2.75) is 24.6 Å². The number of nitrogens with one attached hydrogen (secondary N) is 2. The molecule has 0 radical (unpaired) electrons. The van der Waals surface area contributed by atoms with Crippen molar-refractivity contribution in [2.75, 3.05) is 26.2 Å². The van der Waals surface area contributed by atoms with Crippen molar-refractivity contribution in [1.82, 2.24) is 20.4 Å². The molecule has 0 saturated carbocycles. The fourth-order valence-electron chi connectivity index (χ4n) is 4.66. The van der Waals surface area contributed by atoms with Gasteiger partial charge in [-0.2, -0.15) is 0 Å². The molecule has 5 rings (SSSR count). The number of imide groups is 1. The average Bonchev–Trinajstić information content (AvgIpc) is 3.08. The molecule has 3 heterocycles. The Bertz CT molecular complexity index is 1120. The molecular weight excluding hydrogens is 434 g/mol. The molecule has 2 aromatic rings. The van der Waals surface area contributed by atoms with E-state index in [0.29, 0.717) is 32.7 Å². The van der Waals surface area contributed by atoms with Gasteiger partial charge in [0.1, 0.15) is 17.4 Å². The summed E-state index contributed by atoms with van der Waals surface area (Å²) in [6.45, 7) is 2.82. The maximum Gasteiger partial charge on any atom is 0.322 e. The van der Waals surface area contributed by atoms with Crippen molar-refractivity contribution >= 4 is 17.8 Å². The standard InChI is InChI=1S/C23H22F2N4O4/c24-15-3-1-14(2-4-15)13-28-7-9-29(10-8-28)20(30)19-12-23(21(31)26-22(32)27-23)17-11-16(25)5-6-18(17)33-19/h1-6,11,19H,7-10,12-13H2,(H2,26,27,31,32)/t19-,23-/m1/s1. The molecule has 0 bridgehead atoms. The van der Waals surface area contributed by atoms with Gasteiger partial charge in [0.2, 0.25) is 0 Å². The summed E-state index contributed by atoms with van der Waals surface area (Å²) in [4.78, 5) is 41.7. The number of halogens is 2. The molecule has 2 atom stereocenters. The van der Waals surface area contributed by atoms with Gasteiger partial charge in [0.15, 0.2) is 11.6 Å². The van der Waals surface area contributed by atoms with Crippen LogP contribution in [-0.2, 0) is 21.7 Å². The SMILES string of the molecule is O=C1NC(=O)[C@]2(C[C@H](C(=O)N3CCN(Cc4ccc(F)cc4)CC3)Oc3ccc(F)cc32)N1. The van der Waals surface area contributed by atoms with Crippen LogP contribution in [0.25, 0.3) is 0 Å².